The highest BCUT2D eigenvalue weighted by Crippen LogP contribution is 2.38. The molecule has 0 aromatic heterocycles. The van der Waals surface area contributed by atoms with Gasteiger partial charge in [0, 0.05) is 6.54 Å². The maximum Gasteiger partial charge on any atom is 0.232 e. The fourth-order valence-electron chi connectivity index (χ4n) is 2.45. The average molecular weight is 268 g/mol. The van der Waals surface area contributed by atoms with E-state index in [-0.39, 0.29) is 0 Å². The van der Waals surface area contributed by atoms with Crippen molar-refractivity contribution in [1.82, 2.24) is 0 Å². The summed E-state index contributed by atoms with van der Waals surface area (Å²) in [7, 11) is -3.28. The summed E-state index contributed by atoms with van der Waals surface area (Å²) in [6.45, 7) is 6.54. The maximum absolute atomic E-state index is 12.1. The van der Waals surface area contributed by atoms with Crippen molar-refractivity contribution in [2.75, 3.05) is 22.4 Å². The molecule has 0 atom stereocenters. The molecule has 1 aliphatic rings. The first-order valence-corrected chi connectivity index (χ1v) is 7.98. The third kappa shape index (κ3) is 2.19. The van der Waals surface area contributed by atoms with E-state index in [1.807, 2.05) is 32.0 Å². The zero-order valence-electron chi connectivity index (χ0n) is 11.3. The maximum atomic E-state index is 12.1. The number of nitrogens with zero attached hydrogens (tertiary/aromatic N) is 1. The molecule has 4 nitrogen and oxygen atoms in total. The molecule has 1 aromatic rings. The number of fused-ring (bicyclic) bond motifs is 1. The Labute approximate surface area is 109 Å². The minimum absolute atomic E-state index is 0.451. The predicted molar refractivity (Wildman–Crippen MR) is 75.7 cm³/mol. The zero-order valence-corrected chi connectivity index (χ0v) is 12.1. The molecule has 0 aliphatic carbocycles. The van der Waals surface area contributed by atoms with E-state index in [9.17, 15) is 8.42 Å². The molecule has 0 saturated carbocycles. The molecule has 0 bridgehead atoms. The number of benzene rings is 1. The normalized spacial score (nSPS) is 18.1. The smallest absolute Gasteiger partial charge is 0.232 e. The minimum Gasteiger partial charge on any atom is -0.381 e. The Balaban J connectivity index is 2.64. The molecule has 18 heavy (non-hydrogen) atoms. The van der Waals surface area contributed by atoms with Crippen LogP contribution in [-0.2, 0) is 16.4 Å². The molecule has 0 amide bonds. The molecule has 0 radical (unpaired) electrons. The van der Waals surface area contributed by atoms with Gasteiger partial charge in [-0.1, -0.05) is 13.0 Å². The Morgan fingerprint density at radius 3 is 2.61 bits per heavy atom. The lowest BCUT2D eigenvalue weighted by Crippen LogP contribution is -2.54. The van der Waals surface area contributed by atoms with Gasteiger partial charge in [0.05, 0.1) is 23.2 Å². The summed E-state index contributed by atoms with van der Waals surface area (Å²) in [5.74, 6) is 0. The molecular formula is C13H20N2O2S. The van der Waals surface area contributed by atoms with Crippen molar-refractivity contribution in [2.24, 2.45) is 0 Å². The Hall–Kier alpha value is -1.23. The second-order valence-electron chi connectivity index (χ2n) is 5.40. The van der Waals surface area contributed by atoms with E-state index in [2.05, 4.69) is 12.2 Å². The van der Waals surface area contributed by atoms with Gasteiger partial charge in [-0.15, -0.1) is 0 Å². The molecule has 0 saturated heterocycles. The largest absolute Gasteiger partial charge is 0.381 e. The fraction of sp³-hybridized carbons (Fsp3) is 0.538. The van der Waals surface area contributed by atoms with Gasteiger partial charge in [0.2, 0.25) is 10.0 Å². The summed E-state index contributed by atoms with van der Waals surface area (Å²) < 4.78 is 25.7. The van der Waals surface area contributed by atoms with Gasteiger partial charge in [-0.25, -0.2) is 8.42 Å². The summed E-state index contributed by atoms with van der Waals surface area (Å²) in [5.41, 5.74) is 2.33. The summed E-state index contributed by atoms with van der Waals surface area (Å²) in [4.78, 5) is 0. The summed E-state index contributed by atoms with van der Waals surface area (Å²) >= 11 is 0. The highest BCUT2D eigenvalue weighted by Gasteiger charge is 2.38. The fourth-order valence-corrected chi connectivity index (χ4v) is 3.92. The Kier molecular flexibility index (Phi) is 3.05. The van der Waals surface area contributed by atoms with E-state index in [0.717, 1.165) is 23.4 Å². The van der Waals surface area contributed by atoms with E-state index in [0.29, 0.717) is 6.54 Å². The molecule has 0 fully saturated rings. The lowest BCUT2D eigenvalue weighted by molar-refractivity contribution is 0.514. The average Bonchev–Trinajstić information content (AvgIpc) is 2.24. The first-order chi connectivity index (χ1) is 8.25. The van der Waals surface area contributed by atoms with Crippen LogP contribution in [0.15, 0.2) is 18.2 Å². The Morgan fingerprint density at radius 2 is 2.06 bits per heavy atom. The monoisotopic (exact) mass is 268 g/mol. The third-order valence-electron chi connectivity index (χ3n) is 3.28. The molecule has 0 spiro atoms. The van der Waals surface area contributed by atoms with Crippen molar-refractivity contribution < 1.29 is 8.42 Å². The lowest BCUT2D eigenvalue weighted by atomic mass is 10.00. The van der Waals surface area contributed by atoms with E-state index in [4.69, 9.17) is 0 Å². The zero-order chi connectivity index (χ0) is 13.6. The number of sulfonamides is 1. The Morgan fingerprint density at radius 1 is 1.39 bits per heavy atom. The quantitative estimate of drug-likeness (QED) is 0.894. The van der Waals surface area contributed by atoms with Crippen LogP contribution in [0.2, 0.25) is 0 Å². The number of hydrogen-bond acceptors (Lipinski definition) is 3. The first kappa shape index (κ1) is 13.2. The van der Waals surface area contributed by atoms with Gasteiger partial charge >= 0.3 is 0 Å². The van der Waals surface area contributed by atoms with Crippen LogP contribution in [0.25, 0.3) is 0 Å². The van der Waals surface area contributed by atoms with Crippen LogP contribution in [0.4, 0.5) is 11.4 Å². The van der Waals surface area contributed by atoms with E-state index < -0.39 is 15.6 Å². The van der Waals surface area contributed by atoms with E-state index >= 15 is 0 Å². The molecule has 5 heteroatoms. The van der Waals surface area contributed by atoms with Gasteiger partial charge in [0.1, 0.15) is 0 Å². The summed E-state index contributed by atoms with van der Waals surface area (Å²) in [6, 6.07) is 5.95. The number of hydrogen-bond donors (Lipinski definition) is 1. The van der Waals surface area contributed by atoms with Crippen molar-refractivity contribution in [2.45, 2.75) is 32.7 Å². The first-order valence-electron chi connectivity index (χ1n) is 6.13. The molecule has 100 valence electrons. The van der Waals surface area contributed by atoms with E-state index in [1.165, 1.54) is 10.6 Å². The van der Waals surface area contributed by atoms with Crippen molar-refractivity contribution in [1.29, 1.82) is 0 Å². The molecule has 1 aromatic carbocycles. The minimum atomic E-state index is -3.28. The number of rotatable bonds is 2. The van der Waals surface area contributed by atoms with Crippen molar-refractivity contribution >= 4 is 21.4 Å². The van der Waals surface area contributed by atoms with Crippen LogP contribution in [0.1, 0.15) is 26.3 Å². The van der Waals surface area contributed by atoms with Crippen LogP contribution in [0, 0.1) is 0 Å². The van der Waals surface area contributed by atoms with Crippen molar-refractivity contribution in [3.05, 3.63) is 23.8 Å². The topological polar surface area (TPSA) is 49.4 Å². The highest BCUT2D eigenvalue weighted by atomic mass is 32.2. The van der Waals surface area contributed by atoms with Gasteiger partial charge in [-0.3, -0.25) is 4.31 Å². The van der Waals surface area contributed by atoms with Crippen LogP contribution >= 0.6 is 0 Å². The highest BCUT2D eigenvalue weighted by molar-refractivity contribution is 7.92. The molecule has 2 rings (SSSR count). The van der Waals surface area contributed by atoms with Gasteiger partial charge in [0.25, 0.3) is 0 Å². The van der Waals surface area contributed by atoms with Gasteiger partial charge < -0.3 is 5.32 Å². The second-order valence-corrected chi connectivity index (χ2v) is 7.23. The predicted octanol–water partition coefficient (Wildman–Crippen LogP) is 2.22. The second kappa shape index (κ2) is 4.16. The standard InChI is InChI=1S/C13H20N2O2S/c1-5-10-6-7-11-12(8-10)15(18(4,16)17)13(2,3)9-14-11/h6-8,14H,5,9H2,1-4H3. The molecule has 1 N–H and O–H groups in total. The molecule has 1 aliphatic heterocycles. The van der Waals surface area contributed by atoms with Crippen LogP contribution in [-0.4, -0.2) is 26.8 Å². The Bertz CT molecular complexity index is 564. The van der Waals surface area contributed by atoms with Crippen molar-refractivity contribution in [3.8, 4) is 0 Å². The SMILES string of the molecule is CCc1ccc2c(c1)N(S(C)(=O)=O)C(C)(C)CN2. The summed E-state index contributed by atoms with van der Waals surface area (Å²) in [6.07, 6.45) is 2.16. The molecule has 1 heterocycles. The number of nitrogens with one attached hydrogen (secondary N) is 1. The van der Waals surface area contributed by atoms with Crippen LogP contribution in [0.3, 0.4) is 0 Å². The lowest BCUT2D eigenvalue weighted by Gasteiger charge is -2.43. The summed E-state index contributed by atoms with van der Waals surface area (Å²) in [5, 5.41) is 3.30. The van der Waals surface area contributed by atoms with E-state index in [1.54, 1.807) is 0 Å². The van der Waals surface area contributed by atoms with Crippen LogP contribution in [0.5, 0.6) is 0 Å². The molecular weight excluding hydrogens is 248 g/mol. The van der Waals surface area contributed by atoms with Gasteiger partial charge in [0.15, 0.2) is 0 Å². The van der Waals surface area contributed by atoms with Gasteiger partial charge in [-0.2, -0.15) is 0 Å². The van der Waals surface area contributed by atoms with Crippen molar-refractivity contribution in [3.63, 3.8) is 0 Å². The van der Waals surface area contributed by atoms with Gasteiger partial charge in [-0.05, 0) is 38.0 Å². The third-order valence-corrected chi connectivity index (χ3v) is 4.64. The number of anilines is 2. The molecule has 0 unspecified atom stereocenters. The number of aryl methyl sites for hydroxylation is 1. The van der Waals surface area contributed by atoms with Crippen LogP contribution < -0.4 is 9.62 Å².